The molecule has 140 valence electrons. The molecule has 0 bridgehead atoms. The highest BCUT2D eigenvalue weighted by molar-refractivity contribution is 5.49. The second-order valence-corrected chi connectivity index (χ2v) is 4.38. The molecule has 0 amide bonds. The molecular weight excluding hydrogens is 382 g/mol. The van der Waals surface area contributed by atoms with E-state index < -0.39 is 69.3 Å². The molecule has 2 rings (SSSR count). The SMILES string of the molecule is C=Cc1c(F)c(F)c(F)c(F)c1F.C=Cc1c(F)c(F)c(F)c(F)c1F. The average molecular weight is 388 g/mol. The summed E-state index contributed by atoms with van der Waals surface area (Å²) in [4.78, 5) is 0. The van der Waals surface area contributed by atoms with Crippen molar-refractivity contribution in [3.63, 3.8) is 0 Å². The molecule has 26 heavy (non-hydrogen) atoms. The van der Waals surface area contributed by atoms with Crippen molar-refractivity contribution in [3.8, 4) is 0 Å². The first kappa shape index (κ1) is 21.3. The van der Waals surface area contributed by atoms with Gasteiger partial charge < -0.3 is 0 Å². The molecule has 0 heterocycles. The summed E-state index contributed by atoms with van der Waals surface area (Å²) in [7, 11) is 0. The third-order valence-corrected chi connectivity index (χ3v) is 2.90. The molecule has 2 aromatic rings. The molecule has 0 aliphatic carbocycles. The van der Waals surface area contributed by atoms with Gasteiger partial charge in [-0.15, -0.1) is 0 Å². The Bertz CT molecular complexity index is 754. The Balaban J connectivity index is 0.000000260. The largest absolute Gasteiger partial charge is 0.203 e. The maximum atomic E-state index is 12.6. The smallest absolute Gasteiger partial charge is 0.200 e. The fourth-order valence-corrected chi connectivity index (χ4v) is 1.60. The van der Waals surface area contributed by atoms with Gasteiger partial charge in [0, 0.05) is 0 Å². The van der Waals surface area contributed by atoms with Crippen LogP contribution in [0.1, 0.15) is 11.1 Å². The zero-order valence-electron chi connectivity index (χ0n) is 12.3. The lowest BCUT2D eigenvalue weighted by atomic mass is 10.1. The maximum Gasteiger partial charge on any atom is 0.200 e. The molecular formula is C16H6F10. The van der Waals surface area contributed by atoms with E-state index in [1.165, 1.54) is 0 Å². The van der Waals surface area contributed by atoms with Crippen LogP contribution in [0.25, 0.3) is 12.2 Å². The van der Waals surface area contributed by atoms with E-state index in [9.17, 15) is 43.9 Å². The molecule has 0 fully saturated rings. The lowest BCUT2D eigenvalue weighted by Crippen LogP contribution is -2.03. The van der Waals surface area contributed by atoms with Gasteiger partial charge in [0.25, 0.3) is 0 Å². The Hall–Kier alpha value is -2.78. The van der Waals surface area contributed by atoms with Crippen LogP contribution in [0.5, 0.6) is 0 Å². The molecule has 0 saturated heterocycles. The lowest BCUT2D eigenvalue weighted by molar-refractivity contribution is 0.377. The molecule has 0 atom stereocenters. The Labute approximate surface area is 139 Å². The minimum atomic E-state index is -2.17. The maximum absolute atomic E-state index is 12.6. The Morgan fingerprint density at radius 1 is 0.346 bits per heavy atom. The van der Waals surface area contributed by atoms with Gasteiger partial charge in [0.15, 0.2) is 46.5 Å². The molecule has 0 aromatic heterocycles. The summed E-state index contributed by atoms with van der Waals surface area (Å²) in [6.07, 6.45) is 1.13. The van der Waals surface area contributed by atoms with Crippen LogP contribution >= 0.6 is 0 Å². The standard InChI is InChI=1S/2C8H3F5/c2*1-2-3-4(9)6(11)8(13)7(12)5(3)10/h2*2H,1H2. The van der Waals surface area contributed by atoms with Gasteiger partial charge in [0.2, 0.25) is 11.6 Å². The van der Waals surface area contributed by atoms with Gasteiger partial charge in [-0.25, -0.2) is 43.9 Å². The quantitative estimate of drug-likeness (QED) is 0.334. The monoisotopic (exact) mass is 388 g/mol. The van der Waals surface area contributed by atoms with E-state index in [0.29, 0.717) is 12.2 Å². The minimum absolute atomic E-state index is 0.566. The molecule has 0 spiro atoms. The Morgan fingerprint density at radius 3 is 0.654 bits per heavy atom. The summed E-state index contributed by atoms with van der Waals surface area (Å²) in [6.45, 7) is 5.86. The van der Waals surface area contributed by atoms with E-state index in [0.717, 1.165) is 0 Å². The normalized spacial score (nSPS) is 10.2. The van der Waals surface area contributed by atoms with Crippen LogP contribution in [0.4, 0.5) is 43.9 Å². The summed E-state index contributed by atoms with van der Waals surface area (Å²) in [5, 5.41) is 0. The fourth-order valence-electron chi connectivity index (χ4n) is 1.60. The molecule has 0 unspecified atom stereocenters. The van der Waals surface area contributed by atoms with E-state index in [1.807, 2.05) is 0 Å². The van der Waals surface area contributed by atoms with Crippen molar-refractivity contribution >= 4 is 12.2 Å². The first-order valence-corrected chi connectivity index (χ1v) is 6.28. The van der Waals surface area contributed by atoms with Crippen molar-refractivity contribution in [1.29, 1.82) is 0 Å². The van der Waals surface area contributed by atoms with Gasteiger partial charge in [0.05, 0.1) is 11.1 Å². The van der Waals surface area contributed by atoms with Crippen molar-refractivity contribution in [3.05, 3.63) is 82.5 Å². The summed E-state index contributed by atoms with van der Waals surface area (Å²) in [5.74, 6) is -19.7. The topological polar surface area (TPSA) is 0 Å². The summed E-state index contributed by atoms with van der Waals surface area (Å²) >= 11 is 0. The van der Waals surface area contributed by atoms with Gasteiger partial charge in [0.1, 0.15) is 0 Å². The van der Waals surface area contributed by atoms with E-state index in [4.69, 9.17) is 0 Å². The molecule has 10 heteroatoms. The Kier molecular flexibility index (Phi) is 6.60. The van der Waals surface area contributed by atoms with Crippen molar-refractivity contribution in [2.45, 2.75) is 0 Å². The third-order valence-electron chi connectivity index (χ3n) is 2.90. The number of rotatable bonds is 2. The second-order valence-electron chi connectivity index (χ2n) is 4.38. The van der Waals surface area contributed by atoms with Gasteiger partial charge in [-0.05, 0) is 0 Å². The van der Waals surface area contributed by atoms with E-state index in [-0.39, 0.29) is 0 Å². The summed E-state index contributed by atoms with van der Waals surface area (Å²) in [6, 6.07) is 0. The number of benzene rings is 2. The number of hydrogen-bond acceptors (Lipinski definition) is 0. The van der Waals surface area contributed by atoms with Crippen molar-refractivity contribution in [2.24, 2.45) is 0 Å². The second kappa shape index (κ2) is 8.07. The van der Waals surface area contributed by atoms with E-state index in [1.54, 1.807) is 0 Å². The predicted molar refractivity (Wildman–Crippen MR) is 72.6 cm³/mol. The van der Waals surface area contributed by atoms with E-state index >= 15 is 0 Å². The van der Waals surface area contributed by atoms with Crippen molar-refractivity contribution < 1.29 is 43.9 Å². The van der Waals surface area contributed by atoms with Gasteiger partial charge in [-0.2, -0.15) is 0 Å². The zero-order valence-corrected chi connectivity index (χ0v) is 12.3. The van der Waals surface area contributed by atoms with Crippen LogP contribution in [0.2, 0.25) is 0 Å². The van der Waals surface area contributed by atoms with Crippen molar-refractivity contribution in [2.75, 3.05) is 0 Å². The molecule has 0 nitrogen and oxygen atoms in total. The average Bonchev–Trinajstić information content (AvgIpc) is 2.63. The molecule has 0 aliphatic rings. The van der Waals surface area contributed by atoms with Crippen LogP contribution in [-0.4, -0.2) is 0 Å². The third kappa shape index (κ3) is 3.58. The minimum Gasteiger partial charge on any atom is -0.203 e. The van der Waals surface area contributed by atoms with Crippen LogP contribution in [0.15, 0.2) is 13.2 Å². The zero-order chi connectivity index (χ0) is 20.3. The molecule has 0 saturated carbocycles. The van der Waals surface area contributed by atoms with Crippen LogP contribution in [0.3, 0.4) is 0 Å². The lowest BCUT2D eigenvalue weighted by Gasteiger charge is -2.02. The molecule has 0 aliphatic heterocycles. The molecule has 0 N–H and O–H groups in total. The highest BCUT2D eigenvalue weighted by Gasteiger charge is 2.24. The Morgan fingerprint density at radius 2 is 0.500 bits per heavy atom. The first-order chi connectivity index (χ1) is 12.0. The molecule has 2 aromatic carbocycles. The highest BCUT2D eigenvalue weighted by atomic mass is 19.2. The van der Waals surface area contributed by atoms with Gasteiger partial charge in [-0.1, -0.05) is 25.3 Å². The van der Waals surface area contributed by atoms with E-state index in [2.05, 4.69) is 13.2 Å². The van der Waals surface area contributed by atoms with Gasteiger partial charge >= 0.3 is 0 Å². The van der Waals surface area contributed by atoms with Crippen LogP contribution in [0, 0.1) is 58.2 Å². The summed E-state index contributed by atoms with van der Waals surface area (Å²) < 4.78 is 125. The van der Waals surface area contributed by atoms with Gasteiger partial charge in [-0.3, -0.25) is 0 Å². The number of halogens is 10. The van der Waals surface area contributed by atoms with Crippen LogP contribution in [-0.2, 0) is 0 Å². The van der Waals surface area contributed by atoms with Crippen molar-refractivity contribution in [1.82, 2.24) is 0 Å². The molecule has 0 radical (unpaired) electrons. The first-order valence-electron chi connectivity index (χ1n) is 6.28. The summed E-state index contributed by atoms with van der Waals surface area (Å²) in [5.41, 5.74) is -2.03. The predicted octanol–water partition coefficient (Wildman–Crippen LogP) is 6.05. The number of hydrogen-bond donors (Lipinski definition) is 0. The fraction of sp³-hybridized carbons (Fsp3) is 0. The highest BCUT2D eigenvalue weighted by Crippen LogP contribution is 2.24. The van der Waals surface area contributed by atoms with Crippen LogP contribution < -0.4 is 0 Å².